The molecule has 0 bridgehead atoms. The standard InChI is InChI=1S/C22H26O4S/c1-11-6-4-5-7-18(11)27-10-15-20-17(24)8-12(2)14-9-16(23)13(3)19(14)21(20)26-22(15)25/h4-7,13-15,17,19-21,24H,2,8-10H2,1,3H3/t13-,14+,15+,17+,19+,20-,21+/m1/s1. The minimum Gasteiger partial charge on any atom is -0.461 e. The molecule has 2 aliphatic carbocycles. The molecule has 0 unspecified atom stereocenters. The number of ketones is 1. The molecule has 4 nitrogen and oxygen atoms in total. The second-order valence-electron chi connectivity index (χ2n) is 8.23. The number of carbonyl (C=O) groups excluding carboxylic acids is 2. The van der Waals surface area contributed by atoms with Gasteiger partial charge in [0, 0.05) is 34.8 Å². The molecule has 4 rings (SSSR count). The largest absolute Gasteiger partial charge is 0.461 e. The van der Waals surface area contributed by atoms with E-state index in [1.54, 1.807) is 11.8 Å². The number of aliphatic hydroxyl groups excluding tert-OH is 1. The maximum absolute atomic E-state index is 12.7. The third-order valence-corrected chi connectivity index (χ3v) is 8.00. The number of benzene rings is 1. The fourth-order valence-electron chi connectivity index (χ4n) is 5.17. The van der Waals surface area contributed by atoms with Crippen LogP contribution in [0, 0.1) is 36.5 Å². The van der Waals surface area contributed by atoms with Gasteiger partial charge in [-0.1, -0.05) is 37.3 Å². The van der Waals surface area contributed by atoms with Gasteiger partial charge in [-0.25, -0.2) is 0 Å². The first-order chi connectivity index (χ1) is 12.9. The number of ether oxygens (including phenoxy) is 1. The molecule has 0 amide bonds. The molecule has 144 valence electrons. The Morgan fingerprint density at radius 1 is 1.22 bits per heavy atom. The van der Waals surface area contributed by atoms with Gasteiger partial charge in [-0.05, 0) is 30.9 Å². The van der Waals surface area contributed by atoms with E-state index in [1.165, 1.54) is 5.56 Å². The second-order valence-corrected chi connectivity index (χ2v) is 9.30. The SMILES string of the molecule is C=C1C[C@H](O)[C@@H]2[C@@H](OC(=O)[C@H]2CSc2ccccc2C)[C@H]2[C@H](C)C(=O)C[C@@H]12. The van der Waals surface area contributed by atoms with Crippen molar-refractivity contribution in [2.24, 2.45) is 29.6 Å². The van der Waals surface area contributed by atoms with E-state index in [1.807, 2.05) is 19.1 Å². The lowest BCUT2D eigenvalue weighted by molar-refractivity contribution is -0.146. The molecule has 1 aromatic rings. The Hall–Kier alpha value is -1.59. The van der Waals surface area contributed by atoms with Crippen molar-refractivity contribution in [2.75, 3.05) is 5.75 Å². The number of Topliss-reactive ketones (excluding diaryl/α,β-unsaturated/α-hetero) is 1. The van der Waals surface area contributed by atoms with Crippen molar-refractivity contribution in [3.05, 3.63) is 42.0 Å². The summed E-state index contributed by atoms with van der Waals surface area (Å²) in [7, 11) is 0. The lowest BCUT2D eigenvalue weighted by Gasteiger charge is -2.29. The van der Waals surface area contributed by atoms with Crippen LogP contribution in [0.5, 0.6) is 0 Å². The van der Waals surface area contributed by atoms with Crippen molar-refractivity contribution < 1.29 is 19.4 Å². The first-order valence-electron chi connectivity index (χ1n) is 9.66. The normalized spacial score (nSPS) is 38.3. The van der Waals surface area contributed by atoms with Crippen LogP contribution in [0.15, 0.2) is 41.3 Å². The third kappa shape index (κ3) is 3.15. The predicted molar refractivity (Wildman–Crippen MR) is 104 cm³/mol. The van der Waals surface area contributed by atoms with E-state index in [0.29, 0.717) is 18.6 Å². The maximum Gasteiger partial charge on any atom is 0.310 e. The van der Waals surface area contributed by atoms with Gasteiger partial charge in [-0.3, -0.25) is 9.59 Å². The van der Waals surface area contributed by atoms with Gasteiger partial charge in [0.15, 0.2) is 0 Å². The van der Waals surface area contributed by atoms with Gasteiger partial charge >= 0.3 is 5.97 Å². The number of carbonyl (C=O) groups is 2. The third-order valence-electron chi connectivity index (χ3n) is 6.70. The van der Waals surface area contributed by atoms with Gasteiger partial charge in [0.2, 0.25) is 0 Å². The summed E-state index contributed by atoms with van der Waals surface area (Å²) in [5.74, 6) is -0.248. The number of hydrogen-bond acceptors (Lipinski definition) is 5. The number of aliphatic hydroxyl groups is 1. The number of aryl methyl sites for hydroxylation is 1. The number of thioether (sulfide) groups is 1. The molecule has 2 saturated carbocycles. The van der Waals surface area contributed by atoms with Crippen molar-refractivity contribution in [2.45, 2.75) is 43.8 Å². The fourth-order valence-corrected chi connectivity index (χ4v) is 6.36. The average molecular weight is 387 g/mol. The monoisotopic (exact) mass is 386 g/mol. The van der Waals surface area contributed by atoms with Crippen LogP contribution in [0.3, 0.4) is 0 Å². The molecule has 1 saturated heterocycles. The van der Waals surface area contributed by atoms with Crippen LogP contribution in [-0.4, -0.2) is 34.8 Å². The van der Waals surface area contributed by atoms with E-state index in [2.05, 4.69) is 25.6 Å². The van der Waals surface area contributed by atoms with Crippen molar-refractivity contribution in [1.29, 1.82) is 0 Å². The zero-order valence-corrected chi connectivity index (χ0v) is 16.6. The smallest absolute Gasteiger partial charge is 0.310 e. The van der Waals surface area contributed by atoms with Crippen LogP contribution >= 0.6 is 11.8 Å². The molecule has 5 heteroatoms. The molecule has 0 aromatic heterocycles. The lowest BCUT2D eigenvalue weighted by Crippen LogP contribution is -2.38. The molecule has 27 heavy (non-hydrogen) atoms. The van der Waals surface area contributed by atoms with Crippen molar-refractivity contribution >= 4 is 23.5 Å². The molecule has 1 aliphatic heterocycles. The minimum atomic E-state index is -0.649. The summed E-state index contributed by atoms with van der Waals surface area (Å²) in [5, 5.41) is 10.9. The Morgan fingerprint density at radius 3 is 2.70 bits per heavy atom. The summed E-state index contributed by atoms with van der Waals surface area (Å²) < 4.78 is 5.82. The van der Waals surface area contributed by atoms with Crippen molar-refractivity contribution in [1.82, 2.24) is 0 Å². The van der Waals surface area contributed by atoms with Crippen LogP contribution < -0.4 is 0 Å². The molecular formula is C22H26O4S. The molecular weight excluding hydrogens is 360 g/mol. The number of esters is 1. The molecule has 7 atom stereocenters. The second kappa shape index (κ2) is 7.10. The molecule has 1 aromatic carbocycles. The summed E-state index contributed by atoms with van der Waals surface area (Å²) in [6.45, 7) is 8.14. The number of rotatable bonds is 3. The van der Waals surface area contributed by atoms with Gasteiger partial charge in [0.25, 0.3) is 0 Å². The van der Waals surface area contributed by atoms with Crippen LogP contribution in [0.25, 0.3) is 0 Å². The lowest BCUT2D eigenvalue weighted by atomic mass is 9.77. The molecule has 0 spiro atoms. The predicted octanol–water partition coefficient (Wildman–Crippen LogP) is 3.41. The summed E-state index contributed by atoms with van der Waals surface area (Å²) in [4.78, 5) is 26.2. The van der Waals surface area contributed by atoms with Gasteiger partial charge in [0.05, 0.1) is 12.0 Å². The maximum atomic E-state index is 12.7. The topological polar surface area (TPSA) is 63.6 Å². The Morgan fingerprint density at radius 2 is 1.96 bits per heavy atom. The number of fused-ring (bicyclic) bond motifs is 3. The summed E-state index contributed by atoms with van der Waals surface area (Å²) in [6.07, 6.45) is -0.129. The van der Waals surface area contributed by atoms with E-state index in [4.69, 9.17) is 4.74 Å². The van der Waals surface area contributed by atoms with Crippen LogP contribution in [0.4, 0.5) is 0 Å². The summed E-state index contributed by atoms with van der Waals surface area (Å²) >= 11 is 1.64. The number of hydrogen-bond donors (Lipinski definition) is 1. The Bertz CT molecular complexity index is 788. The quantitative estimate of drug-likeness (QED) is 0.490. The zero-order chi connectivity index (χ0) is 19.3. The zero-order valence-electron chi connectivity index (χ0n) is 15.8. The molecule has 3 fully saturated rings. The van der Waals surface area contributed by atoms with Gasteiger partial charge in [-0.2, -0.15) is 0 Å². The van der Waals surface area contributed by atoms with E-state index >= 15 is 0 Å². The molecule has 1 N–H and O–H groups in total. The van der Waals surface area contributed by atoms with E-state index in [0.717, 1.165) is 10.5 Å². The Kier molecular flexibility index (Phi) is 4.93. The van der Waals surface area contributed by atoms with E-state index in [-0.39, 0.29) is 47.4 Å². The van der Waals surface area contributed by atoms with Crippen LogP contribution in [0.1, 0.15) is 25.3 Å². The fraction of sp³-hybridized carbons (Fsp3) is 0.545. The van der Waals surface area contributed by atoms with E-state index in [9.17, 15) is 14.7 Å². The molecule has 0 radical (unpaired) electrons. The van der Waals surface area contributed by atoms with Crippen LogP contribution in [-0.2, 0) is 14.3 Å². The van der Waals surface area contributed by atoms with Crippen molar-refractivity contribution in [3.8, 4) is 0 Å². The van der Waals surface area contributed by atoms with Gasteiger partial charge in [0.1, 0.15) is 11.9 Å². The highest BCUT2D eigenvalue weighted by Crippen LogP contribution is 2.52. The minimum absolute atomic E-state index is 0.0210. The highest BCUT2D eigenvalue weighted by Gasteiger charge is 2.58. The van der Waals surface area contributed by atoms with Gasteiger partial charge < -0.3 is 9.84 Å². The molecule has 3 aliphatic rings. The van der Waals surface area contributed by atoms with Crippen molar-refractivity contribution in [3.63, 3.8) is 0 Å². The highest BCUT2D eigenvalue weighted by atomic mass is 32.2. The van der Waals surface area contributed by atoms with E-state index < -0.39 is 6.10 Å². The van der Waals surface area contributed by atoms with Gasteiger partial charge in [-0.15, -0.1) is 11.8 Å². The highest BCUT2D eigenvalue weighted by molar-refractivity contribution is 7.99. The Labute approximate surface area is 164 Å². The summed E-state index contributed by atoms with van der Waals surface area (Å²) in [6, 6.07) is 8.10. The molecule has 1 heterocycles. The average Bonchev–Trinajstić information content (AvgIpc) is 3.07. The first kappa shape index (κ1) is 18.8. The van der Waals surface area contributed by atoms with Crippen LogP contribution in [0.2, 0.25) is 0 Å². The summed E-state index contributed by atoms with van der Waals surface area (Å²) in [5.41, 5.74) is 2.11. The first-order valence-corrected chi connectivity index (χ1v) is 10.6. The Balaban J connectivity index is 1.60.